The molecule has 0 aliphatic heterocycles. The first-order valence-corrected chi connectivity index (χ1v) is 6.53. The summed E-state index contributed by atoms with van der Waals surface area (Å²) in [5.41, 5.74) is -1.48. The molecule has 5 nitrogen and oxygen atoms in total. The number of rotatable bonds is 7. The molecular formula is C14H21F2N3O2. The van der Waals surface area contributed by atoms with Crippen molar-refractivity contribution in [3.05, 3.63) is 29.8 Å². The van der Waals surface area contributed by atoms with Crippen LogP contribution in [0, 0.1) is 11.6 Å². The maximum Gasteiger partial charge on any atom is 0.238 e. The van der Waals surface area contributed by atoms with Crippen molar-refractivity contribution in [1.82, 2.24) is 10.2 Å². The first kappa shape index (κ1) is 17.5. The van der Waals surface area contributed by atoms with E-state index in [0.29, 0.717) is 6.54 Å². The number of aliphatic hydroxyl groups is 1. The Labute approximate surface area is 122 Å². The summed E-state index contributed by atoms with van der Waals surface area (Å²) in [6, 6.07) is 3.35. The number of hydrogen-bond acceptors (Lipinski definition) is 4. The fourth-order valence-corrected chi connectivity index (χ4v) is 1.98. The zero-order valence-electron chi connectivity index (χ0n) is 12.4. The zero-order chi connectivity index (χ0) is 16.0. The van der Waals surface area contributed by atoms with Gasteiger partial charge in [0.15, 0.2) is 0 Å². The molecule has 1 atom stereocenters. The largest absolute Gasteiger partial charge is 0.388 e. The molecule has 1 amide bonds. The number of hydrogen-bond donors (Lipinski definition) is 3. The van der Waals surface area contributed by atoms with Crippen molar-refractivity contribution in [2.24, 2.45) is 0 Å². The Bertz CT molecular complexity index is 473. The minimum absolute atomic E-state index is 0.155. The quantitative estimate of drug-likeness (QED) is 0.697. The summed E-state index contributed by atoms with van der Waals surface area (Å²) in [5, 5.41) is 14.9. The number of anilines is 1. The predicted molar refractivity (Wildman–Crippen MR) is 77.0 cm³/mol. The molecule has 1 aromatic carbocycles. The van der Waals surface area contributed by atoms with Crippen LogP contribution in [0.5, 0.6) is 0 Å². The molecule has 0 aliphatic rings. The van der Waals surface area contributed by atoms with Crippen LogP contribution in [0.25, 0.3) is 0 Å². The first-order valence-electron chi connectivity index (χ1n) is 6.53. The van der Waals surface area contributed by atoms with Gasteiger partial charge in [-0.1, -0.05) is 6.07 Å². The highest BCUT2D eigenvalue weighted by Crippen LogP contribution is 2.17. The third-order valence-electron chi connectivity index (χ3n) is 2.68. The molecule has 7 heteroatoms. The molecular weight excluding hydrogens is 280 g/mol. The number of carbonyl (C=O) groups is 1. The number of likely N-dealkylation sites (N-methyl/N-ethyl adjacent to an activating group) is 1. The van der Waals surface area contributed by atoms with Crippen molar-refractivity contribution >= 4 is 11.6 Å². The molecule has 1 rings (SSSR count). The Morgan fingerprint density at radius 1 is 1.33 bits per heavy atom. The highest BCUT2D eigenvalue weighted by molar-refractivity contribution is 5.92. The Morgan fingerprint density at radius 2 is 1.90 bits per heavy atom. The molecule has 0 saturated carbocycles. The Morgan fingerprint density at radius 3 is 2.43 bits per heavy atom. The topological polar surface area (TPSA) is 64.6 Å². The van der Waals surface area contributed by atoms with Gasteiger partial charge in [-0.25, -0.2) is 8.78 Å². The van der Waals surface area contributed by atoms with Crippen LogP contribution in [-0.4, -0.2) is 55.2 Å². The summed E-state index contributed by atoms with van der Waals surface area (Å²) >= 11 is 0. The molecule has 0 fully saturated rings. The van der Waals surface area contributed by atoms with Gasteiger partial charge < -0.3 is 20.6 Å². The molecule has 0 aliphatic carbocycles. The smallest absolute Gasteiger partial charge is 0.238 e. The van der Waals surface area contributed by atoms with Gasteiger partial charge in [-0.2, -0.15) is 0 Å². The van der Waals surface area contributed by atoms with E-state index < -0.39 is 28.8 Å². The molecule has 0 spiro atoms. The second-order valence-electron chi connectivity index (χ2n) is 5.48. The van der Waals surface area contributed by atoms with Gasteiger partial charge in [-0.15, -0.1) is 0 Å². The van der Waals surface area contributed by atoms with Gasteiger partial charge in [-0.05, 0) is 33.2 Å². The number of para-hydroxylation sites is 1. The van der Waals surface area contributed by atoms with Crippen LogP contribution in [-0.2, 0) is 4.79 Å². The van der Waals surface area contributed by atoms with Gasteiger partial charge in [0, 0.05) is 13.1 Å². The predicted octanol–water partition coefficient (Wildman–Crippen LogP) is 0.805. The van der Waals surface area contributed by atoms with E-state index in [2.05, 4.69) is 10.6 Å². The van der Waals surface area contributed by atoms with Crippen LogP contribution in [0.15, 0.2) is 18.2 Å². The minimum atomic E-state index is -1.01. The molecule has 0 radical (unpaired) electrons. The summed E-state index contributed by atoms with van der Waals surface area (Å²) in [4.78, 5) is 13.4. The van der Waals surface area contributed by atoms with E-state index in [1.165, 1.54) is 6.07 Å². The van der Waals surface area contributed by atoms with Crippen LogP contribution < -0.4 is 10.6 Å². The van der Waals surface area contributed by atoms with E-state index in [1.807, 2.05) is 19.0 Å². The van der Waals surface area contributed by atoms with E-state index in [1.54, 1.807) is 6.92 Å². The maximum atomic E-state index is 13.3. The summed E-state index contributed by atoms with van der Waals surface area (Å²) in [5.74, 6) is -2.24. The van der Waals surface area contributed by atoms with Crippen molar-refractivity contribution in [3.63, 3.8) is 0 Å². The Hall–Kier alpha value is -1.57. The van der Waals surface area contributed by atoms with Crippen LogP contribution in [0.3, 0.4) is 0 Å². The van der Waals surface area contributed by atoms with Crippen molar-refractivity contribution in [2.75, 3.05) is 39.0 Å². The van der Waals surface area contributed by atoms with Gasteiger partial charge in [0.2, 0.25) is 5.91 Å². The molecule has 0 aromatic heterocycles. The molecule has 3 N–H and O–H groups in total. The molecule has 0 saturated heterocycles. The Balaban J connectivity index is 2.45. The lowest BCUT2D eigenvalue weighted by molar-refractivity contribution is -0.115. The van der Waals surface area contributed by atoms with Crippen LogP contribution >= 0.6 is 0 Å². The summed E-state index contributed by atoms with van der Waals surface area (Å²) in [6.07, 6.45) is 0. The zero-order valence-corrected chi connectivity index (χ0v) is 12.4. The van der Waals surface area contributed by atoms with Crippen LogP contribution in [0.4, 0.5) is 14.5 Å². The van der Waals surface area contributed by atoms with E-state index in [0.717, 1.165) is 12.1 Å². The second-order valence-corrected chi connectivity index (χ2v) is 5.48. The normalized spacial score (nSPS) is 14.0. The van der Waals surface area contributed by atoms with Crippen LogP contribution in [0.1, 0.15) is 6.92 Å². The minimum Gasteiger partial charge on any atom is -0.388 e. The van der Waals surface area contributed by atoms with E-state index in [9.17, 15) is 18.7 Å². The third-order valence-corrected chi connectivity index (χ3v) is 2.68. The number of nitrogens with zero attached hydrogens (tertiary/aromatic N) is 1. The summed E-state index contributed by atoms with van der Waals surface area (Å²) < 4.78 is 26.7. The van der Waals surface area contributed by atoms with E-state index in [-0.39, 0.29) is 13.1 Å². The standard InChI is InChI=1S/C14H21F2N3O2/c1-14(21,9-19(2)3)8-17-7-12(20)18-13-10(15)5-4-6-11(13)16/h4-6,17,21H,7-9H2,1-3H3,(H,18,20). The van der Waals surface area contributed by atoms with E-state index >= 15 is 0 Å². The van der Waals surface area contributed by atoms with Gasteiger partial charge in [0.05, 0.1) is 12.1 Å². The fourth-order valence-electron chi connectivity index (χ4n) is 1.98. The molecule has 118 valence electrons. The monoisotopic (exact) mass is 301 g/mol. The fraction of sp³-hybridized carbons (Fsp3) is 0.500. The van der Waals surface area contributed by atoms with Gasteiger partial charge >= 0.3 is 0 Å². The molecule has 0 heterocycles. The number of halogens is 2. The summed E-state index contributed by atoms with van der Waals surface area (Å²) in [6.45, 7) is 2.08. The van der Waals surface area contributed by atoms with Crippen molar-refractivity contribution in [1.29, 1.82) is 0 Å². The molecule has 0 bridgehead atoms. The lowest BCUT2D eigenvalue weighted by atomic mass is 10.1. The first-order chi connectivity index (χ1) is 9.71. The maximum absolute atomic E-state index is 13.3. The number of benzene rings is 1. The molecule has 1 unspecified atom stereocenters. The lowest BCUT2D eigenvalue weighted by Gasteiger charge is -2.27. The summed E-state index contributed by atoms with van der Waals surface area (Å²) in [7, 11) is 3.64. The van der Waals surface area contributed by atoms with E-state index in [4.69, 9.17) is 0 Å². The number of amides is 1. The number of carbonyl (C=O) groups excluding carboxylic acids is 1. The van der Waals surface area contributed by atoms with Crippen molar-refractivity contribution in [2.45, 2.75) is 12.5 Å². The van der Waals surface area contributed by atoms with Gasteiger partial charge in [-0.3, -0.25) is 4.79 Å². The lowest BCUT2D eigenvalue weighted by Crippen LogP contribution is -2.47. The highest BCUT2D eigenvalue weighted by atomic mass is 19.1. The van der Waals surface area contributed by atoms with Gasteiger partial charge in [0.1, 0.15) is 17.3 Å². The van der Waals surface area contributed by atoms with Crippen molar-refractivity contribution < 1.29 is 18.7 Å². The SMILES string of the molecule is CN(C)CC(C)(O)CNCC(=O)Nc1c(F)cccc1F. The third kappa shape index (κ3) is 6.16. The van der Waals surface area contributed by atoms with Gasteiger partial charge in [0.25, 0.3) is 0 Å². The van der Waals surface area contributed by atoms with Crippen LogP contribution in [0.2, 0.25) is 0 Å². The molecule has 21 heavy (non-hydrogen) atoms. The average Bonchev–Trinajstić information content (AvgIpc) is 2.32. The average molecular weight is 301 g/mol. The van der Waals surface area contributed by atoms with Crippen molar-refractivity contribution in [3.8, 4) is 0 Å². The number of nitrogens with one attached hydrogen (secondary N) is 2. The Kier molecular flexibility index (Phi) is 6.19. The second kappa shape index (κ2) is 7.44. The molecule has 1 aromatic rings. The highest BCUT2D eigenvalue weighted by Gasteiger charge is 2.21.